The van der Waals surface area contributed by atoms with Gasteiger partial charge in [0, 0.05) is 11.3 Å². The van der Waals surface area contributed by atoms with Gasteiger partial charge < -0.3 is 5.32 Å². The maximum absolute atomic E-state index is 13.5. The van der Waals surface area contributed by atoms with Crippen molar-refractivity contribution in [2.45, 2.75) is 19.2 Å². The topological polar surface area (TPSA) is 70.7 Å². The Morgan fingerprint density at radius 2 is 2.30 bits per heavy atom. The average molecular weight is 294 g/mol. The number of aromatic nitrogens is 3. The van der Waals surface area contributed by atoms with Crippen LogP contribution in [0.2, 0.25) is 0 Å². The molecule has 2 aromatic rings. The van der Waals surface area contributed by atoms with Crippen molar-refractivity contribution in [2.24, 2.45) is 0 Å². The van der Waals surface area contributed by atoms with E-state index in [9.17, 15) is 9.18 Å². The van der Waals surface area contributed by atoms with Crippen molar-refractivity contribution in [2.75, 3.05) is 6.26 Å². The fourth-order valence-corrected chi connectivity index (χ4v) is 2.24. The molecule has 0 atom stereocenters. The molecule has 1 aromatic carbocycles. The third-order valence-corrected chi connectivity index (χ3v) is 3.26. The third kappa shape index (κ3) is 3.57. The molecule has 0 spiro atoms. The fraction of sp³-hybridized carbons (Fsp3) is 0.308. The van der Waals surface area contributed by atoms with E-state index in [0.717, 1.165) is 0 Å². The van der Waals surface area contributed by atoms with Crippen molar-refractivity contribution < 1.29 is 9.18 Å². The molecule has 0 saturated carbocycles. The molecule has 5 nitrogen and oxygen atoms in total. The largest absolute Gasteiger partial charge is 0.345 e. The van der Waals surface area contributed by atoms with Gasteiger partial charge in [0.05, 0.1) is 6.54 Å². The summed E-state index contributed by atoms with van der Waals surface area (Å²) >= 11 is 1.51. The number of benzene rings is 1. The molecule has 1 amide bonds. The van der Waals surface area contributed by atoms with Gasteiger partial charge in [0.1, 0.15) is 11.6 Å². The molecular formula is C13H15FN4OS. The minimum Gasteiger partial charge on any atom is -0.345 e. The Hall–Kier alpha value is -1.89. The molecule has 0 aliphatic carbocycles. The molecular weight excluding hydrogens is 279 g/mol. The van der Waals surface area contributed by atoms with E-state index in [-0.39, 0.29) is 18.3 Å². The second kappa shape index (κ2) is 6.51. The summed E-state index contributed by atoms with van der Waals surface area (Å²) in [6, 6.07) is 4.36. The van der Waals surface area contributed by atoms with Crippen LogP contribution in [-0.4, -0.2) is 27.3 Å². The molecule has 7 heteroatoms. The first-order chi connectivity index (χ1) is 9.60. The predicted molar refractivity (Wildman–Crippen MR) is 75.9 cm³/mol. The Morgan fingerprint density at radius 3 is 2.95 bits per heavy atom. The van der Waals surface area contributed by atoms with Crippen molar-refractivity contribution in [3.05, 3.63) is 46.8 Å². The first-order valence-corrected chi connectivity index (χ1v) is 7.43. The Labute approximate surface area is 120 Å². The zero-order valence-corrected chi connectivity index (χ0v) is 12.1. The van der Waals surface area contributed by atoms with Crippen LogP contribution in [0.5, 0.6) is 0 Å². The third-order valence-electron chi connectivity index (χ3n) is 2.66. The molecule has 1 aromatic heterocycles. The second-order valence-electron chi connectivity index (χ2n) is 4.26. The standard InChI is InChI=1S/C13H15FN4OS/c1-8-16-12(18-17-8)6-15-13(19)9-3-4-11(14)10(5-9)7-20-2/h3-5H,6-7H2,1-2H3,(H,15,19)(H,16,17,18). The summed E-state index contributed by atoms with van der Waals surface area (Å²) in [5.41, 5.74) is 0.960. The van der Waals surface area contributed by atoms with Crippen molar-refractivity contribution in [1.82, 2.24) is 20.5 Å². The van der Waals surface area contributed by atoms with Crippen molar-refractivity contribution >= 4 is 17.7 Å². The summed E-state index contributed by atoms with van der Waals surface area (Å²) < 4.78 is 13.5. The van der Waals surface area contributed by atoms with Crippen molar-refractivity contribution in [3.63, 3.8) is 0 Å². The van der Waals surface area contributed by atoms with E-state index in [1.54, 1.807) is 13.0 Å². The molecule has 106 valence electrons. The van der Waals surface area contributed by atoms with Crippen LogP contribution in [0.4, 0.5) is 4.39 Å². The maximum atomic E-state index is 13.5. The highest BCUT2D eigenvalue weighted by molar-refractivity contribution is 7.97. The monoisotopic (exact) mass is 294 g/mol. The van der Waals surface area contributed by atoms with Gasteiger partial charge >= 0.3 is 0 Å². The van der Waals surface area contributed by atoms with Crippen molar-refractivity contribution in [1.29, 1.82) is 0 Å². The van der Waals surface area contributed by atoms with Gasteiger partial charge in [0.25, 0.3) is 5.91 Å². The summed E-state index contributed by atoms with van der Waals surface area (Å²) in [4.78, 5) is 16.1. The number of carbonyl (C=O) groups excluding carboxylic acids is 1. The van der Waals surface area contributed by atoms with E-state index in [1.165, 1.54) is 23.9 Å². The number of nitrogens with one attached hydrogen (secondary N) is 2. The van der Waals surface area contributed by atoms with Gasteiger partial charge in [-0.2, -0.15) is 16.9 Å². The number of nitrogens with zero attached hydrogens (tertiary/aromatic N) is 2. The molecule has 20 heavy (non-hydrogen) atoms. The smallest absolute Gasteiger partial charge is 0.251 e. The number of hydrogen-bond donors (Lipinski definition) is 2. The number of carbonyl (C=O) groups is 1. The molecule has 0 fully saturated rings. The zero-order valence-electron chi connectivity index (χ0n) is 11.2. The number of hydrogen-bond acceptors (Lipinski definition) is 4. The fourth-order valence-electron chi connectivity index (χ4n) is 1.71. The average Bonchev–Trinajstić information content (AvgIpc) is 2.84. The lowest BCUT2D eigenvalue weighted by Crippen LogP contribution is -2.23. The van der Waals surface area contributed by atoms with E-state index in [2.05, 4.69) is 20.5 Å². The van der Waals surface area contributed by atoms with Gasteiger partial charge in [0.15, 0.2) is 5.82 Å². The summed E-state index contributed by atoms with van der Waals surface area (Å²) in [5, 5.41) is 9.33. The van der Waals surface area contributed by atoms with Crippen LogP contribution in [0.25, 0.3) is 0 Å². The van der Waals surface area contributed by atoms with Crippen LogP contribution in [0.15, 0.2) is 18.2 Å². The van der Waals surface area contributed by atoms with E-state index >= 15 is 0 Å². The SMILES string of the molecule is CSCc1cc(C(=O)NCc2n[nH]c(C)n2)ccc1F. The number of amides is 1. The zero-order chi connectivity index (χ0) is 14.5. The first-order valence-electron chi connectivity index (χ1n) is 6.03. The number of aryl methyl sites for hydroxylation is 1. The number of rotatable bonds is 5. The van der Waals surface area contributed by atoms with Crippen LogP contribution in [0.3, 0.4) is 0 Å². The van der Waals surface area contributed by atoms with Crippen LogP contribution in [0, 0.1) is 12.7 Å². The van der Waals surface area contributed by atoms with Gasteiger partial charge in [-0.3, -0.25) is 9.89 Å². The molecule has 0 saturated heterocycles. The second-order valence-corrected chi connectivity index (χ2v) is 5.12. The van der Waals surface area contributed by atoms with Crippen LogP contribution in [-0.2, 0) is 12.3 Å². The lowest BCUT2D eigenvalue weighted by Gasteiger charge is -2.06. The summed E-state index contributed by atoms with van der Waals surface area (Å²) in [5.74, 6) is 1.18. The molecule has 1 heterocycles. The number of H-pyrrole nitrogens is 1. The van der Waals surface area contributed by atoms with Gasteiger partial charge in [-0.1, -0.05) is 0 Å². The highest BCUT2D eigenvalue weighted by atomic mass is 32.2. The lowest BCUT2D eigenvalue weighted by atomic mass is 10.1. The Bertz CT molecular complexity index is 614. The minimum absolute atomic E-state index is 0.235. The van der Waals surface area contributed by atoms with E-state index in [0.29, 0.717) is 28.5 Å². The van der Waals surface area contributed by atoms with Gasteiger partial charge in [0.2, 0.25) is 0 Å². The quantitative estimate of drug-likeness (QED) is 0.885. The number of thioether (sulfide) groups is 1. The maximum Gasteiger partial charge on any atom is 0.251 e. The molecule has 2 rings (SSSR count). The Kier molecular flexibility index (Phi) is 4.73. The van der Waals surface area contributed by atoms with E-state index < -0.39 is 0 Å². The van der Waals surface area contributed by atoms with Gasteiger partial charge in [-0.15, -0.1) is 0 Å². The summed E-state index contributed by atoms with van der Waals surface area (Å²) in [6.07, 6.45) is 1.89. The van der Waals surface area contributed by atoms with Crippen LogP contribution in [0.1, 0.15) is 27.6 Å². The molecule has 0 aliphatic heterocycles. The minimum atomic E-state index is -0.291. The molecule has 0 radical (unpaired) electrons. The lowest BCUT2D eigenvalue weighted by molar-refractivity contribution is 0.0950. The highest BCUT2D eigenvalue weighted by Crippen LogP contribution is 2.15. The van der Waals surface area contributed by atoms with E-state index in [1.807, 2.05) is 6.26 Å². The first kappa shape index (κ1) is 14.5. The highest BCUT2D eigenvalue weighted by Gasteiger charge is 2.10. The van der Waals surface area contributed by atoms with E-state index in [4.69, 9.17) is 0 Å². The van der Waals surface area contributed by atoms with Gasteiger partial charge in [-0.25, -0.2) is 9.37 Å². The Morgan fingerprint density at radius 1 is 1.50 bits per heavy atom. The van der Waals surface area contributed by atoms with Gasteiger partial charge in [-0.05, 0) is 36.9 Å². The summed E-state index contributed by atoms with van der Waals surface area (Å²) in [6.45, 7) is 2.02. The molecule has 0 aliphatic rings. The van der Waals surface area contributed by atoms with Crippen LogP contribution >= 0.6 is 11.8 Å². The number of aromatic amines is 1. The molecule has 2 N–H and O–H groups in total. The number of halogens is 1. The normalized spacial score (nSPS) is 10.6. The predicted octanol–water partition coefficient (Wildman–Crippen LogP) is 2.05. The van der Waals surface area contributed by atoms with Crippen LogP contribution < -0.4 is 5.32 Å². The Balaban J connectivity index is 2.03. The van der Waals surface area contributed by atoms with Crippen molar-refractivity contribution in [3.8, 4) is 0 Å². The summed E-state index contributed by atoms with van der Waals surface area (Å²) in [7, 11) is 0. The molecule has 0 unspecified atom stereocenters. The molecule has 0 bridgehead atoms.